The lowest BCUT2D eigenvalue weighted by Crippen LogP contribution is -2.06. The highest BCUT2D eigenvalue weighted by molar-refractivity contribution is 6.29. The van der Waals surface area contributed by atoms with Gasteiger partial charge in [0.25, 0.3) is 0 Å². The minimum Gasteiger partial charge on any atom is -0.340 e. The topological polar surface area (TPSA) is 37.8 Å². The third-order valence-electron chi connectivity index (χ3n) is 2.69. The van der Waals surface area contributed by atoms with Crippen LogP contribution in [0.5, 0.6) is 0 Å². The molecule has 0 aliphatic heterocycles. The first-order valence-corrected chi connectivity index (χ1v) is 6.62. The smallest absolute Gasteiger partial charge is 0.340 e. The van der Waals surface area contributed by atoms with Gasteiger partial charge in [-0.2, -0.15) is 13.2 Å². The van der Waals surface area contributed by atoms with Gasteiger partial charge in [0, 0.05) is 17.7 Å². The first-order chi connectivity index (χ1) is 9.75. The summed E-state index contributed by atoms with van der Waals surface area (Å²) in [5.74, 6) is 0.945. The maximum Gasteiger partial charge on any atom is 0.416 e. The van der Waals surface area contributed by atoms with E-state index >= 15 is 0 Å². The molecule has 0 atom stereocenters. The van der Waals surface area contributed by atoms with Crippen molar-refractivity contribution in [3.05, 3.63) is 46.9 Å². The molecule has 0 aliphatic rings. The molecule has 0 amide bonds. The summed E-state index contributed by atoms with van der Waals surface area (Å²) in [6, 6.07) is 6.36. The molecule has 21 heavy (non-hydrogen) atoms. The molecular formula is C14H13ClF3N3. The van der Waals surface area contributed by atoms with E-state index in [9.17, 15) is 13.2 Å². The van der Waals surface area contributed by atoms with Gasteiger partial charge < -0.3 is 5.32 Å². The van der Waals surface area contributed by atoms with Crippen LogP contribution in [0.2, 0.25) is 5.15 Å². The van der Waals surface area contributed by atoms with Gasteiger partial charge in [-0.05, 0) is 18.2 Å². The van der Waals surface area contributed by atoms with Crippen molar-refractivity contribution in [2.45, 2.75) is 25.9 Å². The zero-order valence-corrected chi connectivity index (χ0v) is 12.1. The Kier molecular flexibility index (Phi) is 4.37. The molecule has 0 spiro atoms. The fourth-order valence-corrected chi connectivity index (χ4v) is 1.87. The lowest BCUT2D eigenvalue weighted by Gasteiger charge is -2.12. The number of alkyl halides is 3. The van der Waals surface area contributed by atoms with E-state index < -0.39 is 11.7 Å². The van der Waals surface area contributed by atoms with E-state index in [4.69, 9.17) is 11.6 Å². The van der Waals surface area contributed by atoms with Crippen LogP contribution in [0.25, 0.3) is 0 Å². The Hall–Kier alpha value is -1.82. The fraction of sp³-hybridized carbons (Fsp3) is 0.286. The van der Waals surface area contributed by atoms with Crippen molar-refractivity contribution in [2.75, 3.05) is 5.32 Å². The zero-order valence-electron chi connectivity index (χ0n) is 11.4. The van der Waals surface area contributed by atoms with Gasteiger partial charge in [-0.3, -0.25) is 0 Å². The molecule has 1 aromatic heterocycles. The third kappa shape index (κ3) is 4.07. The maximum absolute atomic E-state index is 12.7. The van der Waals surface area contributed by atoms with E-state index in [2.05, 4.69) is 15.3 Å². The van der Waals surface area contributed by atoms with Gasteiger partial charge >= 0.3 is 6.18 Å². The molecule has 0 radical (unpaired) electrons. The number of nitrogens with zero attached hydrogens (tertiary/aromatic N) is 2. The second-order valence-corrected chi connectivity index (χ2v) is 5.18. The summed E-state index contributed by atoms with van der Waals surface area (Å²) < 4.78 is 38.0. The molecular weight excluding hydrogens is 303 g/mol. The standard InChI is InChI=1S/C14H13ClF3N3/c1-8(2)13-20-11(15)7-12(21-13)19-10-5-3-4-9(6-10)14(16,17)18/h3-8H,1-2H3,(H,19,20,21). The van der Waals surface area contributed by atoms with E-state index in [-0.39, 0.29) is 16.8 Å². The number of benzene rings is 1. The van der Waals surface area contributed by atoms with Gasteiger partial charge in [0.15, 0.2) is 0 Å². The predicted octanol–water partition coefficient (Wildman–Crippen LogP) is 5.02. The SMILES string of the molecule is CC(C)c1nc(Cl)cc(Nc2cccc(C(F)(F)F)c2)n1. The molecule has 1 aromatic carbocycles. The van der Waals surface area contributed by atoms with Crippen LogP contribution < -0.4 is 5.32 Å². The molecule has 3 nitrogen and oxygen atoms in total. The van der Waals surface area contributed by atoms with E-state index in [0.717, 1.165) is 12.1 Å². The quantitative estimate of drug-likeness (QED) is 0.808. The predicted molar refractivity (Wildman–Crippen MR) is 75.9 cm³/mol. The Morgan fingerprint density at radius 1 is 1.14 bits per heavy atom. The molecule has 0 aliphatic carbocycles. The molecule has 1 heterocycles. The molecule has 0 unspecified atom stereocenters. The van der Waals surface area contributed by atoms with Crippen molar-refractivity contribution >= 4 is 23.1 Å². The Morgan fingerprint density at radius 2 is 1.86 bits per heavy atom. The number of aromatic nitrogens is 2. The number of hydrogen-bond acceptors (Lipinski definition) is 3. The van der Waals surface area contributed by atoms with Crippen molar-refractivity contribution in [3.8, 4) is 0 Å². The van der Waals surface area contributed by atoms with Gasteiger partial charge in [0.1, 0.15) is 16.8 Å². The first-order valence-electron chi connectivity index (χ1n) is 6.24. The molecule has 1 N–H and O–H groups in total. The minimum absolute atomic E-state index is 0.0609. The average molecular weight is 316 g/mol. The summed E-state index contributed by atoms with van der Waals surface area (Å²) in [5.41, 5.74) is -0.439. The normalized spacial score (nSPS) is 11.8. The summed E-state index contributed by atoms with van der Waals surface area (Å²) in [5, 5.41) is 3.06. The second kappa shape index (κ2) is 5.89. The summed E-state index contributed by atoms with van der Waals surface area (Å²) in [6.07, 6.45) is -4.38. The summed E-state index contributed by atoms with van der Waals surface area (Å²) in [7, 11) is 0. The van der Waals surface area contributed by atoms with E-state index in [1.807, 2.05) is 13.8 Å². The van der Waals surface area contributed by atoms with Crippen molar-refractivity contribution in [3.63, 3.8) is 0 Å². The van der Waals surface area contributed by atoms with E-state index in [1.165, 1.54) is 18.2 Å². The van der Waals surface area contributed by atoms with E-state index in [1.54, 1.807) is 0 Å². The van der Waals surface area contributed by atoms with Gasteiger partial charge in [-0.1, -0.05) is 31.5 Å². The van der Waals surface area contributed by atoms with Gasteiger partial charge in [0.05, 0.1) is 5.56 Å². The monoisotopic (exact) mass is 315 g/mol. The molecule has 0 saturated heterocycles. The molecule has 7 heteroatoms. The van der Waals surface area contributed by atoms with Crippen molar-refractivity contribution in [2.24, 2.45) is 0 Å². The fourth-order valence-electron chi connectivity index (χ4n) is 1.68. The molecule has 0 saturated carbocycles. The Morgan fingerprint density at radius 3 is 2.48 bits per heavy atom. The highest BCUT2D eigenvalue weighted by Crippen LogP contribution is 2.31. The van der Waals surface area contributed by atoms with E-state index in [0.29, 0.717) is 11.6 Å². The minimum atomic E-state index is -4.38. The summed E-state index contributed by atoms with van der Waals surface area (Å²) in [6.45, 7) is 3.80. The Bertz CT molecular complexity index is 642. The lowest BCUT2D eigenvalue weighted by molar-refractivity contribution is -0.137. The summed E-state index contributed by atoms with van der Waals surface area (Å²) >= 11 is 5.89. The van der Waals surface area contributed by atoms with Crippen molar-refractivity contribution in [1.82, 2.24) is 9.97 Å². The molecule has 0 bridgehead atoms. The maximum atomic E-state index is 12.7. The average Bonchev–Trinajstić information content (AvgIpc) is 2.37. The molecule has 0 fully saturated rings. The first kappa shape index (κ1) is 15.6. The van der Waals surface area contributed by atoms with Crippen LogP contribution in [0.3, 0.4) is 0 Å². The van der Waals surface area contributed by atoms with Gasteiger partial charge in [0.2, 0.25) is 0 Å². The molecule has 2 rings (SSSR count). The largest absolute Gasteiger partial charge is 0.416 e. The highest BCUT2D eigenvalue weighted by atomic mass is 35.5. The van der Waals surface area contributed by atoms with Gasteiger partial charge in [-0.25, -0.2) is 9.97 Å². The van der Waals surface area contributed by atoms with Crippen LogP contribution >= 0.6 is 11.6 Å². The van der Waals surface area contributed by atoms with Gasteiger partial charge in [-0.15, -0.1) is 0 Å². The van der Waals surface area contributed by atoms with Crippen LogP contribution in [-0.2, 0) is 6.18 Å². The second-order valence-electron chi connectivity index (χ2n) is 4.79. The molecule has 112 valence electrons. The zero-order chi connectivity index (χ0) is 15.6. The number of nitrogens with one attached hydrogen (secondary N) is 1. The van der Waals surface area contributed by atoms with Crippen LogP contribution in [0, 0.1) is 0 Å². The number of anilines is 2. The number of halogens is 4. The third-order valence-corrected chi connectivity index (χ3v) is 2.88. The number of hydrogen-bond donors (Lipinski definition) is 1. The summed E-state index contributed by atoms with van der Waals surface area (Å²) in [4.78, 5) is 8.30. The Balaban J connectivity index is 2.30. The lowest BCUT2D eigenvalue weighted by atomic mass is 10.2. The van der Waals surface area contributed by atoms with Crippen LogP contribution in [0.4, 0.5) is 24.7 Å². The van der Waals surface area contributed by atoms with Crippen LogP contribution in [0.15, 0.2) is 30.3 Å². The Labute approximate surface area is 125 Å². The molecule has 2 aromatic rings. The van der Waals surface area contributed by atoms with Crippen molar-refractivity contribution < 1.29 is 13.2 Å². The van der Waals surface area contributed by atoms with Crippen LogP contribution in [0.1, 0.15) is 31.2 Å². The van der Waals surface area contributed by atoms with Crippen LogP contribution in [-0.4, -0.2) is 9.97 Å². The number of rotatable bonds is 3. The van der Waals surface area contributed by atoms with Crippen molar-refractivity contribution in [1.29, 1.82) is 0 Å². The highest BCUT2D eigenvalue weighted by Gasteiger charge is 2.30.